The number of nitrogens with zero attached hydrogens (tertiary/aromatic N) is 3. The number of anilines is 1. The Balaban J connectivity index is 1.43. The first-order valence-electron chi connectivity index (χ1n) is 10.3. The fraction of sp³-hybridized carbons (Fsp3) is 0.417. The Hall–Kier alpha value is -3.20. The van der Waals surface area contributed by atoms with E-state index in [1.165, 1.54) is 16.8 Å². The number of aryl methyl sites for hydroxylation is 1. The molecule has 3 rings (SSSR count). The molecule has 2 aromatic rings. The quantitative estimate of drug-likeness (QED) is 0.655. The third-order valence-corrected chi connectivity index (χ3v) is 5.63. The zero-order valence-corrected chi connectivity index (χ0v) is 18.0. The predicted molar refractivity (Wildman–Crippen MR) is 117 cm³/mol. The summed E-state index contributed by atoms with van der Waals surface area (Å²) in [4.78, 5) is 16.9. The minimum Gasteiger partial charge on any atom is -0.493 e. The molecule has 158 valence electrons. The number of piperazine rings is 1. The molecule has 1 fully saturated rings. The summed E-state index contributed by atoms with van der Waals surface area (Å²) in [5, 5.41) is 8.96. The van der Waals surface area contributed by atoms with E-state index in [1.807, 2.05) is 4.90 Å². The van der Waals surface area contributed by atoms with Gasteiger partial charge in [-0.2, -0.15) is 5.26 Å². The van der Waals surface area contributed by atoms with Crippen molar-refractivity contribution in [3.05, 3.63) is 53.1 Å². The van der Waals surface area contributed by atoms with Crippen molar-refractivity contribution in [3.63, 3.8) is 0 Å². The van der Waals surface area contributed by atoms with Crippen molar-refractivity contribution in [2.24, 2.45) is 0 Å². The van der Waals surface area contributed by atoms with Gasteiger partial charge in [-0.25, -0.2) is 0 Å². The molecule has 0 atom stereocenters. The molecule has 0 N–H and O–H groups in total. The highest BCUT2D eigenvalue weighted by atomic mass is 16.5. The number of methoxy groups -OCH3 is 1. The first-order chi connectivity index (χ1) is 14.5. The molecular weight excluding hydrogens is 378 g/mol. The van der Waals surface area contributed by atoms with Crippen LogP contribution in [-0.2, 0) is 4.79 Å². The van der Waals surface area contributed by atoms with E-state index < -0.39 is 0 Å². The summed E-state index contributed by atoms with van der Waals surface area (Å²) in [7, 11) is 1.55. The molecular formula is C24H29N3O3. The number of rotatable bonds is 7. The summed E-state index contributed by atoms with van der Waals surface area (Å²) in [6.45, 7) is 7.92. The number of ether oxygens (including phenoxy) is 2. The second-order valence-corrected chi connectivity index (χ2v) is 7.52. The Kier molecular flexibility index (Phi) is 7.18. The van der Waals surface area contributed by atoms with Crippen LogP contribution >= 0.6 is 0 Å². The molecule has 1 aliphatic rings. The Morgan fingerprint density at radius 2 is 1.87 bits per heavy atom. The lowest BCUT2D eigenvalue weighted by atomic mass is 10.1. The van der Waals surface area contributed by atoms with E-state index in [9.17, 15) is 4.79 Å². The standard InChI is InChI=1S/C24H29N3O3/c1-18-6-4-7-21(19(18)2)26-11-13-27(14-12-26)24(28)8-5-15-30-22-10-9-20(17-25)16-23(22)29-3/h4,6-7,9-10,16H,5,8,11-15H2,1-3H3. The van der Waals surface area contributed by atoms with Gasteiger partial charge in [0.15, 0.2) is 11.5 Å². The number of benzene rings is 2. The van der Waals surface area contributed by atoms with E-state index in [4.69, 9.17) is 14.7 Å². The lowest BCUT2D eigenvalue weighted by Gasteiger charge is -2.37. The average molecular weight is 408 g/mol. The second-order valence-electron chi connectivity index (χ2n) is 7.52. The third kappa shape index (κ3) is 5.04. The van der Waals surface area contributed by atoms with Crippen molar-refractivity contribution < 1.29 is 14.3 Å². The van der Waals surface area contributed by atoms with Crippen molar-refractivity contribution in [1.29, 1.82) is 5.26 Å². The van der Waals surface area contributed by atoms with Crippen molar-refractivity contribution in [2.45, 2.75) is 26.7 Å². The van der Waals surface area contributed by atoms with Crippen LogP contribution in [0.2, 0.25) is 0 Å². The zero-order chi connectivity index (χ0) is 21.5. The Labute approximate surface area is 178 Å². The van der Waals surface area contributed by atoms with Crippen LogP contribution in [0.25, 0.3) is 0 Å². The Bertz CT molecular complexity index is 928. The second kappa shape index (κ2) is 10.0. The molecule has 1 aliphatic heterocycles. The Morgan fingerprint density at radius 3 is 2.57 bits per heavy atom. The topological polar surface area (TPSA) is 65.8 Å². The van der Waals surface area contributed by atoms with Crippen molar-refractivity contribution >= 4 is 11.6 Å². The monoisotopic (exact) mass is 407 g/mol. The van der Waals surface area contributed by atoms with E-state index >= 15 is 0 Å². The van der Waals surface area contributed by atoms with Crippen LogP contribution in [0.5, 0.6) is 11.5 Å². The van der Waals surface area contributed by atoms with Gasteiger partial charge in [-0.05, 0) is 49.6 Å². The third-order valence-electron chi connectivity index (χ3n) is 5.63. The maximum Gasteiger partial charge on any atom is 0.222 e. The van der Waals surface area contributed by atoms with E-state index in [-0.39, 0.29) is 5.91 Å². The van der Waals surface area contributed by atoms with Crippen molar-refractivity contribution in [1.82, 2.24) is 4.90 Å². The molecule has 0 unspecified atom stereocenters. The average Bonchev–Trinajstić information content (AvgIpc) is 2.78. The molecule has 0 aliphatic carbocycles. The van der Waals surface area contributed by atoms with E-state index in [2.05, 4.69) is 43.0 Å². The minimum absolute atomic E-state index is 0.172. The molecule has 0 radical (unpaired) electrons. The number of nitriles is 1. The fourth-order valence-electron chi connectivity index (χ4n) is 3.69. The number of hydrogen-bond donors (Lipinski definition) is 0. The smallest absolute Gasteiger partial charge is 0.222 e. The maximum absolute atomic E-state index is 12.6. The van der Waals surface area contributed by atoms with Gasteiger partial charge in [-0.1, -0.05) is 12.1 Å². The molecule has 0 spiro atoms. The number of amides is 1. The lowest BCUT2D eigenvalue weighted by molar-refractivity contribution is -0.131. The van der Waals surface area contributed by atoms with E-state index in [1.54, 1.807) is 25.3 Å². The van der Waals surface area contributed by atoms with Crippen LogP contribution in [0.1, 0.15) is 29.5 Å². The minimum atomic E-state index is 0.172. The summed E-state index contributed by atoms with van der Waals surface area (Å²) in [5.74, 6) is 1.29. The lowest BCUT2D eigenvalue weighted by Crippen LogP contribution is -2.49. The summed E-state index contributed by atoms with van der Waals surface area (Å²) in [5.41, 5.74) is 4.40. The highest BCUT2D eigenvalue weighted by Gasteiger charge is 2.22. The highest BCUT2D eigenvalue weighted by molar-refractivity contribution is 5.76. The number of carbonyl (C=O) groups is 1. The molecule has 6 nitrogen and oxygen atoms in total. The molecule has 0 aromatic heterocycles. The van der Waals surface area contributed by atoms with Crippen LogP contribution in [0.15, 0.2) is 36.4 Å². The van der Waals surface area contributed by atoms with Gasteiger partial charge in [-0.15, -0.1) is 0 Å². The van der Waals surface area contributed by atoms with Crippen LogP contribution in [0.3, 0.4) is 0 Å². The largest absolute Gasteiger partial charge is 0.493 e. The first kappa shape index (κ1) is 21.5. The molecule has 6 heteroatoms. The normalized spacial score (nSPS) is 13.7. The number of hydrogen-bond acceptors (Lipinski definition) is 5. The molecule has 0 saturated carbocycles. The van der Waals surface area contributed by atoms with Gasteiger partial charge < -0.3 is 19.3 Å². The van der Waals surface area contributed by atoms with Gasteiger partial charge >= 0.3 is 0 Å². The van der Waals surface area contributed by atoms with E-state index in [0.717, 1.165) is 26.2 Å². The van der Waals surface area contributed by atoms with Crippen LogP contribution in [-0.4, -0.2) is 50.7 Å². The SMILES string of the molecule is COc1cc(C#N)ccc1OCCCC(=O)N1CCN(c2cccc(C)c2C)CC1. The summed E-state index contributed by atoms with van der Waals surface area (Å²) < 4.78 is 11.0. The van der Waals surface area contributed by atoms with Gasteiger partial charge in [0.05, 0.1) is 25.3 Å². The molecule has 1 saturated heterocycles. The highest BCUT2D eigenvalue weighted by Crippen LogP contribution is 2.28. The molecule has 2 aromatic carbocycles. The van der Waals surface area contributed by atoms with Crippen LogP contribution < -0.4 is 14.4 Å². The van der Waals surface area contributed by atoms with Crippen molar-refractivity contribution in [3.8, 4) is 17.6 Å². The number of carbonyl (C=O) groups excluding carboxylic acids is 1. The summed E-state index contributed by atoms with van der Waals surface area (Å²) in [6, 6.07) is 13.5. The first-order valence-corrected chi connectivity index (χ1v) is 10.3. The van der Waals surface area contributed by atoms with Gasteiger partial charge in [0, 0.05) is 44.4 Å². The zero-order valence-electron chi connectivity index (χ0n) is 18.0. The molecule has 1 heterocycles. The van der Waals surface area contributed by atoms with Gasteiger partial charge in [0.25, 0.3) is 0 Å². The fourth-order valence-corrected chi connectivity index (χ4v) is 3.69. The van der Waals surface area contributed by atoms with Crippen molar-refractivity contribution in [2.75, 3.05) is 44.8 Å². The van der Waals surface area contributed by atoms with Gasteiger partial charge in [0.1, 0.15) is 0 Å². The molecule has 0 bridgehead atoms. The van der Waals surface area contributed by atoms with Gasteiger partial charge in [0.2, 0.25) is 5.91 Å². The maximum atomic E-state index is 12.6. The van der Waals surface area contributed by atoms with Crippen LogP contribution in [0, 0.1) is 25.2 Å². The van der Waals surface area contributed by atoms with Gasteiger partial charge in [-0.3, -0.25) is 4.79 Å². The predicted octanol–water partition coefficient (Wildman–Crippen LogP) is 3.69. The molecule has 30 heavy (non-hydrogen) atoms. The molecule has 1 amide bonds. The van der Waals surface area contributed by atoms with E-state index in [0.29, 0.717) is 36.5 Å². The summed E-state index contributed by atoms with van der Waals surface area (Å²) in [6.07, 6.45) is 1.10. The summed E-state index contributed by atoms with van der Waals surface area (Å²) >= 11 is 0. The van der Waals surface area contributed by atoms with Crippen LogP contribution in [0.4, 0.5) is 5.69 Å². The Morgan fingerprint density at radius 1 is 1.10 bits per heavy atom.